The predicted molar refractivity (Wildman–Crippen MR) is 142 cm³/mol. The Balaban J connectivity index is 1.25. The molecule has 0 bridgehead atoms. The molecule has 5 rings (SSSR count). The summed E-state index contributed by atoms with van der Waals surface area (Å²) in [7, 11) is 0. The van der Waals surface area contributed by atoms with Gasteiger partial charge in [-0.3, -0.25) is 9.59 Å². The molecule has 0 atom stereocenters. The number of hydrogen-bond donors (Lipinski definition) is 1. The van der Waals surface area contributed by atoms with Gasteiger partial charge in [-0.1, -0.05) is 6.08 Å². The molecule has 1 spiro atoms. The Labute approximate surface area is 217 Å². The molecule has 2 aromatic heterocycles. The van der Waals surface area contributed by atoms with Crippen LogP contribution in [0.5, 0.6) is 0 Å². The molecule has 0 aromatic carbocycles. The molecule has 10 nitrogen and oxygen atoms in total. The average molecular weight is 506 g/mol. The van der Waals surface area contributed by atoms with Crippen molar-refractivity contribution < 1.29 is 14.3 Å². The van der Waals surface area contributed by atoms with Gasteiger partial charge < -0.3 is 25.2 Å². The second kappa shape index (κ2) is 10.8. The molecule has 5 heterocycles. The van der Waals surface area contributed by atoms with Crippen molar-refractivity contribution >= 4 is 29.1 Å². The quantitative estimate of drug-likeness (QED) is 0.566. The van der Waals surface area contributed by atoms with Crippen molar-refractivity contribution in [3.8, 4) is 11.3 Å². The third-order valence-corrected chi connectivity index (χ3v) is 7.63. The Kier molecular flexibility index (Phi) is 7.36. The number of nitrogen functional groups attached to an aromatic ring is 1. The van der Waals surface area contributed by atoms with E-state index in [1.807, 2.05) is 11.8 Å². The van der Waals surface area contributed by atoms with Crippen LogP contribution in [0.4, 0.5) is 17.5 Å². The number of hydrogen-bond acceptors (Lipinski definition) is 9. The molecule has 3 aliphatic heterocycles. The molecular weight excluding hydrogens is 470 g/mol. The van der Waals surface area contributed by atoms with Gasteiger partial charge in [0.1, 0.15) is 5.82 Å². The smallest absolute Gasteiger partial charge is 0.223 e. The van der Waals surface area contributed by atoms with Gasteiger partial charge in [-0.05, 0) is 31.9 Å². The lowest BCUT2D eigenvalue weighted by Crippen LogP contribution is -2.61. The minimum absolute atomic E-state index is 0.0117. The zero-order chi connectivity index (χ0) is 25.8. The van der Waals surface area contributed by atoms with Crippen LogP contribution in [0.15, 0.2) is 36.7 Å². The maximum absolute atomic E-state index is 12.6. The summed E-state index contributed by atoms with van der Waals surface area (Å²) in [6.07, 6.45) is 9.24. The SMILES string of the molecule is CC=CC(=O)CCC(=O)N1CCC2(CC1)CN(c1cc(-c3cnc(N)nc3)nc(N3CCOCC3)c1)C2. The highest BCUT2D eigenvalue weighted by atomic mass is 16.5. The van der Waals surface area contributed by atoms with Crippen LogP contribution in [-0.2, 0) is 14.3 Å². The number of ketones is 1. The standard InChI is InChI=1S/C27H35N7O3/c1-2-3-22(35)4-5-25(36)33-8-6-27(7-9-33)18-34(19-27)21-14-23(20-16-29-26(28)30-17-20)31-24(15-21)32-10-12-37-13-11-32/h2-3,14-17H,4-13,18-19H2,1H3,(H2,28,29,30). The van der Waals surface area contributed by atoms with Crippen molar-refractivity contribution in [1.82, 2.24) is 19.9 Å². The Hall–Kier alpha value is -3.53. The molecule has 1 amide bonds. The van der Waals surface area contributed by atoms with Crippen LogP contribution in [0, 0.1) is 5.41 Å². The number of anilines is 3. The van der Waals surface area contributed by atoms with Crippen molar-refractivity contribution in [2.24, 2.45) is 5.41 Å². The molecule has 3 fully saturated rings. The summed E-state index contributed by atoms with van der Waals surface area (Å²) in [6, 6.07) is 4.27. The summed E-state index contributed by atoms with van der Waals surface area (Å²) in [5.74, 6) is 1.27. The van der Waals surface area contributed by atoms with Crippen molar-refractivity contribution in [1.29, 1.82) is 0 Å². The van der Waals surface area contributed by atoms with Crippen LogP contribution in [0.3, 0.4) is 0 Å². The monoisotopic (exact) mass is 505 g/mol. The first-order valence-electron chi connectivity index (χ1n) is 13.1. The van der Waals surface area contributed by atoms with Gasteiger partial charge in [0.15, 0.2) is 5.78 Å². The van der Waals surface area contributed by atoms with Crippen molar-refractivity contribution in [2.45, 2.75) is 32.6 Å². The molecule has 0 radical (unpaired) electrons. The number of carbonyl (C=O) groups excluding carboxylic acids is 2. The fraction of sp³-hybridized carbons (Fsp3) is 0.519. The maximum Gasteiger partial charge on any atom is 0.223 e. The number of pyridine rings is 1. The van der Waals surface area contributed by atoms with E-state index in [-0.39, 0.29) is 29.5 Å². The zero-order valence-corrected chi connectivity index (χ0v) is 21.4. The summed E-state index contributed by atoms with van der Waals surface area (Å²) < 4.78 is 5.54. The minimum Gasteiger partial charge on any atom is -0.378 e. The molecule has 3 aliphatic rings. The van der Waals surface area contributed by atoms with E-state index in [4.69, 9.17) is 15.5 Å². The fourth-order valence-corrected chi connectivity index (χ4v) is 5.41. The van der Waals surface area contributed by atoms with E-state index in [0.717, 1.165) is 74.9 Å². The van der Waals surface area contributed by atoms with Crippen LogP contribution in [0.25, 0.3) is 11.3 Å². The fourth-order valence-electron chi connectivity index (χ4n) is 5.41. The van der Waals surface area contributed by atoms with Crippen LogP contribution in [-0.4, -0.2) is 84.0 Å². The van der Waals surface area contributed by atoms with E-state index in [0.29, 0.717) is 19.6 Å². The molecule has 196 valence electrons. The van der Waals surface area contributed by atoms with Gasteiger partial charge in [0.2, 0.25) is 11.9 Å². The second-order valence-corrected chi connectivity index (χ2v) is 10.2. The lowest BCUT2D eigenvalue weighted by atomic mass is 9.71. The van der Waals surface area contributed by atoms with Gasteiger partial charge in [-0.2, -0.15) is 0 Å². The zero-order valence-electron chi connectivity index (χ0n) is 21.4. The highest BCUT2D eigenvalue weighted by Crippen LogP contribution is 2.44. The van der Waals surface area contributed by atoms with E-state index >= 15 is 0 Å². The molecule has 2 aromatic rings. The topological polar surface area (TPSA) is 118 Å². The number of ether oxygens (including phenoxy) is 1. The molecule has 37 heavy (non-hydrogen) atoms. The Bertz CT molecular complexity index is 1150. The highest BCUT2D eigenvalue weighted by Gasteiger charge is 2.45. The number of aromatic nitrogens is 3. The number of nitrogens with two attached hydrogens (primary N) is 1. The average Bonchev–Trinajstić information content (AvgIpc) is 2.91. The third-order valence-electron chi connectivity index (χ3n) is 7.63. The van der Waals surface area contributed by atoms with Crippen molar-refractivity contribution in [2.75, 3.05) is 68.0 Å². The van der Waals surface area contributed by atoms with Gasteiger partial charge in [0.25, 0.3) is 0 Å². The first-order valence-corrected chi connectivity index (χ1v) is 13.1. The lowest BCUT2D eigenvalue weighted by molar-refractivity contribution is -0.135. The highest BCUT2D eigenvalue weighted by molar-refractivity contribution is 5.92. The summed E-state index contributed by atoms with van der Waals surface area (Å²) in [6.45, 7) is 8.24. The van der Waals surface area contributed by atoms with Crippen molar-refractivity contribution in [3.05, 3.63) is 36.7 Å². The summed E-state index contributed by atoms with van der Waals surface area (Å²) >= 11 is 0. The molecule has 10 heteroatoms. The summed E-state index contributed by atoms with van der Waals surface area (Å²) in [5, 5.41) is 0. The summed E-state index contributed by atoms with van der Waals surface area (Å²) in [5.41, 5.74) is 8.72. The number of carbonyl (C=O) groups is 2. The Morgan fingerprint density at radius 2 is 1.73 bits per heavy atom. The molecule has 2 N–H and O–H groups in total. The first kappa shape index (κ1) is 25.1. The van der Waals surface area contributed by atoms with Crippen LogP contribution < -0.4 is 15.5 Å². The molecular formula is C27H35N7O3. The van der Waals surface area contributed by atoms with Crippen molar-refractivity contribution in [3.63, 3.8) is 0 Å². The number of morpholine rings is 1. The largest absolute Gasteiger partial charge is 0.378 e. The van der Waals surface area contributed by atoms with Gasteiger partial charge >= 0.3 is 0 Å². The number of allylic oxidation sites excluding steroid dienone is 2. The van der Waals surface area contributed by atoms with Gasteiger partial charge in [0, 0.05) is 87.2 Å². The Morgan fingerprint density at radius 3 is 2.41 bits per heavy atom. The molecule has 0 aliphatic carbocycles. The molecule has 0 unspecified atom stereocenters. The van der Waals surface area contributed by atoms with Crippen LogP contribution >= 0.6 is 0 Å². The van der Waals surface area contributed by atoms with Crippen LogP contribution in [0.1, 0.15) is 32.6 Å². The lowest BCUT2D eigenvalue weighted by Gasteiger charge is -2.55. The number of likely N-dealkylation sites (tertiary alicyclic amines) is 1. The number of nitrogens with zero attached hydrogens (tertiary/aromatic N) is 6. The van der Waals surface area contributed by atoms with Crippen LogP contribution in [0.2, 0.25) is 0 Å². The second-order valence-electron chi connectivity index (χ2n) is 10.2. The molecule has 3 saturated heterocycles. The number of amides is 1. The van der Waals surface area contributed by atoms with E-state index in [1.165, 1.54) is 6.08 Å². The molecule has 0 saturated carbocycles. The number of rotatable bonds is 7. The predicted octanol–water partition coefficient (Wildman–Crippen LogP) is 2.31. The van der Waals surface area contributed by atoms with E-state index in [9.17, 15) is 9.59 Å². The normalized spacial score (nSPS) is 19.3. The maximum atomic E-state index is 12.6. The van der Waals surface area contributed by atoms with Gasteiger partial charge in [-0.25, -0.2) is 15.0 Å². The van der Waals surface area contributed by atoms with Gasteiger partial charge in [0.05, 0.1) is 18.9 Å². The first-order chi connectivity index (χ1) is 17.9. The van der Waals surface area contributed by atoms with E-state index < -0.39 is 0 Å². The Morgan fingerprint density at radius 1 is 1.03 bits per heavy atom. The summed E-state index contributed by atoms with van der Waals surface area (Å²) in [4.78, 5) is 44.1. The van der Waals surface area contributed by atoms with E-state index in [1.54, 1.807) is 18.5 Å². The number of piperidine rings is 1. The third kappa shape index (κ3) is 5.74. The minimum atomic E-state index is 0.0117. The van der Waals surface area contributed by atoms with E-state index in [2.05, 4.69) is 31.9 Å². The van der Waals surface area contributed by atoms with Gasteiger partial charge in [-0.15, -0.1) is 0 Å².